The summed E-state index contributed by atoms with van der Waals surface area (Å²) in [7, 11) is 0. The third-order valence-electron chi connectivity index (χ3n) is 3.80. The maximum atomic E-state index is 12.1. The topological polar surface area (TPSA) is 66.4 Å². The number of amides is 1. The molecule has 0 aromatic carbocycles. The minimum Gasteiger partial charge on any atom is -0.481 e. The highest BCUT2D eigenvalue weighted by atomic mass is 16.4. The molecule has 0 aromatic heterocycles. The molecule has 0 radical (unpaired) electrons. The fourth-order valence-corrected chi connectivity index (χ4v) is 2.70. The number of nitrogens with one attached hydrogen (secondary N) is 1. The Morgan fingerprint density at radius 3 is 2.56 bits per heavy atom. The highest BCUT2D eigenvalue weighted by molar-refractivity contribution is 5.85. The third kappa shape index (κ3) is 3.59. The maximum Gasteiger partial charge on any atom is 0.307 e. The molecule has 18 heavy (non-hydrogen) atoms. The molecule has 102 valence electrons. The highest BCUT2D eigenvalue weighted by Gasteiger charge is 2.42. The van der Waals surface area contributed by atoms with Crippen LogP contribution in [-0.4, -0.2) is 23.0 Å². The highest BCUT2D eigenvalue weighted by Crippen LogP contribution is 2.38. The van der Waals surface area contributed by atoms with E-state index in [1.165, 1.54) is 0 Å². The minimum absolute atomic E-state index is 0.0186. The predicted molar refractivity (Wildman–Crippen MR) is 70.0 cm³/mol. The van der Waals surface area contributed by atoms with E-state index in [1.807, 2.05) is 13.8 Å². The number of carbonyl (C=O) groups excluding carboxylic acids is 1. The van der Waals surface area contributed by atoms with E-state index in [0.717, 1.165) is 6.42 Å². The van der Waals surface area contributed by atoms with Gasteiger partial charge in [-0.15, -0.1) is 6.58 Å². The average molecular weight is 253 g/mol. The molecule has 0 saturated heterocycles. The average Bonchev–Trinajstić information content (AvgIpc) is 2.73. The quantitative estimate of drug-likeness (QED) is 0.713. The number of carboxylic acid groups (broad SMARTS) is 1. The van der Waals surface area contributed by atoms with Crippen LogP contribution in [0.4, 0.5) is 0 Å². The Bertz CT molecular complexity index is 327. The molecule has 4 nitrogen and oxygen atoms in total. The number of carbonyl (C=O) groups is 2. The van der Waals surface area contributed by atoms with Gasteiger partial charge in [0.15, 0.2) is 0 Å². The van der Waals surface area contributed by atoms with Crippen molar-refractivity contribution < 1.29 is 14.7 Å². The smallest absolute Gasteiger partial charge is 0.307 e. The third-order valence-corrected chi connectivity index (χ3v) is 3.80. The summed E-state index contributed by atoms with van der Waals surface area (Å²) in [6.07, 6.45) is 4.71. The molecular weight excluding hydrogens is 230 g/mol. The summed E-state index contributed by atoms with van der Waals surface area (Å²) in [6.45, 7) is 7.58. The second-order valence-electron chi connectivity index (χ2n) is 5.23. The van der Waals surface area contributed by atoms with E-state index in [9.17, 15) is 14.7 Å². The first-order chi connectivity index (χ1) is 8.49. The van der Waals surface area contributed by atoms with Crippen molar-refractivity contribution in [1.82, 2.24) is 5.32 Å². The summed E-state index contributed by atoms with van der Waals surface area (Å²) in [5, 5.41) is 12.1. The lowest BCUT2D eigenvalue weighted by atomic mass is 9.95. The first kappa shape index (κ1) is 14.7. The van der Waals surface area contributed by atoms with Crippen LogP contribution >= 0.6 is 0 Å². The molecule has 0 aromatic rings. The first-order valence-corrected chi connectivity index (χ1v) is 6.63. The van der Waals surface area contributed by atoms with Gasteiger partial charge in [0.25, 0.3) is 0 Å². The van der Waals surface area contributed by atoms with Gasteiger partial charge in [0.2, 0.25) is 5.91 Å². The first-order valence-electron chi connectivity index (χ1n) is 6.63. The fraction of sp³-hybridized carbons (Fsp3) is 0.714. The normalized spacial score (nSPS) is 28.7. The van der Waals surface area contributed by atoms with E-state index in [0.29, 0.717) is 25.2 Å². The largest absolute Gasteiger partial charge is 0.481 e. The molecule has 1 saturated carbocycles. The monoisotopic (exact) mass is 253 g/mol. The van der Waals surface area contributed by atoms with Gasteiger partial charge in [-0.05, 0) is 32.1 Å². The molecule has 4 atom stereocenters. The van der Waals surface area contributed by atoms with E-state index in [1.54, 1.807) is 6.08 Å². The van der Waals surface area contributed by atoms with Crippen LogP contribution in [0.5, 0.6) is 0 Å². The van der Waals surface area contributed by atoms with Gasteiger partial charge in [-0.3, -0.25) is 9.59 Å². The number of hydrogen-bond acceptors (Lipinski definition) is 2. The summed E-state index contributed by atoms with van der Waals surface area (Å²) < 4.78 is 0. The Morgan fingerprint density at radius 1 is 1.44 bits per heavy atom. The Hall–Kier alpha value is -1.32. The maximum absolute atomic E-state index is 12.1. The van der Waals surface area contributed by atoms with Crippen LogP contribution in [0.1, 0.15) is 39.5 Å². The zero-order valence-corrected chi connectivity index (χ0v) is 11.2. The van der Waals surface area contributed by atoms with Crippen LogP contribution in [0, 0.1) is 17.8 Å². The molecule has 4 heteroatoms. The summed E-state index contributed by atoms with van der Waals surface area (Å²) in [5.74, 6) is -1.50. The van der Waals surface area contributed by atoms with Crippen LogP contribution < -0.4 is 5.32 Å². The van der Waals surface area contributed by atoms with Gasteiger partial charge < -0.3 is 10.4 Å². The zero-order chi connectivity index (χ0) is 13.7. The van der Waals surface area contributed by atoms with Crippen molar-refractivity contribution in [3.63, 3.8) is 0 Å². The number of rotatable bonds is 6. The van der Waals surface area contributed by atoms with Crippen molar-refractivity contribution in [3.8, 4) is 0 Å². The molecule has 1 amide bonds. The second kappa shape index (κ2) is 6.57. The molecule has 0 bridgehead atoms. The standard InChI is InChI=1S/C14H23NO3/c1-4-6-9(3)15-13(16)11-7-10(5-2)8-12(11)14(17)18/h4,9-12H,1,5-8H2,2-3H3,(H,15,16)(H,17,18). The van der Waals surface area contributed by atoms with Gasteiger partial charge in [0, 0.05) is 6.04 Å². The van der Waals surface area contributed by atoms with Crippen LogP contribution in [0.3, 0.4) is 0 Å². The molecule has 1 aliphatic rings. The molecule has 1 aliphatic carbocycles. The van der Waals surface area contributed by atoms with E-state index >= 15 is 0 Å². The molecule has 2 N–H and O–H groups in total. The number of hydrogen-bond donors (Lipinski definition) is 2. The number of carboxylic acids is 1. The van der Waals surface area contributed by atoms with E-state index < -0.39 is 11.9 Å². The molecular formula is C14H23NO3. The Balaban J connectivity index is 2.64. The Labute approximate surface area is 108 Å². The van der Waals surface area contributed by atoms with Crippen molar-refractivity contribution in [3.05, 3.63) is 12.7 Å². The lowest BCUT2D eigenvalue weighted by Crippen LogP contribution is -2.39. The lowest BCUT2D eigenvalue weighted by molar-refractivity contribution is -0.146. The predicted octanol–water partition coefficient (Wildman–Crippen LogP) is 2.20. The summed E-state index contributed by atoms with van der Waals surface area (Å²) in [4.78, 5) is 23.3. The molecule has 4 unspecified atom stereocenters. The minimum atomic E-state index is -0.845. The van der Waals surface area contributed by atoms with Crippen molar-refractivity contribution >= 4 is 11.9 Å². The SMILES string of the molecule is C=CCC(C)NC(=O)C1CC(CC)CC1C(=O)O. The summed E-state index contributed by atoms with van der Waals surface area (Å²) in [5.41, 5.74) is 0. The molecule has 0 aliphatic heterocycles. The van der Waals surface area contributed by atoms with Gasteiger partial charge in [-0.1, -0.05) is 19.4 Å². The van der Waals surface area contributed by atoms with Gasteiger partial charge >= 0.3 is 5.97 Å². The molecule has 0 heterocycles. The van der Waals surface area contributed by atoms with Gasteiger partial charge in [-0.25, -0.2) is 0 Å². The Morgan fingerprint density at radius 2 is 2.06 bits per heavy atom. The van der Waals surface area contributed by atoms with E-state index in [2.05, 4.69) is 11.9 Å². The van der Waals surface area contributed by atoms with Crippen LogP contribution in [0.2, 0.25) is 0 Å². The molecule has 0 spiro atoms. The van der Waals surface area contributed by atoms with Crippen molar-refractivity contribution in [2.75, 3.05) is 0 Å². The Kier molecular flexibility index (Phi) is 5.38. The van der Waals surface area contributed by atoms with Crippen LogP contribution in [0.25, 0.3) is 0 Å². The number of aliphatic carboxylic acids is 1. The van der Waals surface area contributed by atoms with Crippen molar-refractivity contribution in [2.45, 2.75) is 45.6 Å². The van der Waals surface area contributed by atoms with Crippen molar-refractivity contribution in [1.29, 1.82) is 0 Å². The molecule has 1 fully saturated rings. The fourth-order valence-electron chi connectivity index (χ4n) is 2.70. The zero-order valence-electron chi connectivity index (χ0n) is 11.2. The van der Waals surface area contributed by atoms with Gasteiger partial charge in [0.05, 0.1) is 11.8 Å². The second-order valence-corrected chi connectivity index (χ2v) is 5.23. The summed E-state index contributed by atoms with van der Waals surface area (Å²) in [6, 6.07) is 0.0186. The van der Waals surface area contributed by atoms with Gasteiger partial charge in [-0.2, -0.15) is 0 Å². The summed E-state index contributed by atoms with van der Waals surface area (Å²) >= 11 is 0. The van der Waals surface area contributed by atoms with Crippen LogP contribution in [0.15, 0.2) is 12.7 Å². The van der Waals surface area contributed by atoms with E-state index in [4.69, 9.17) is 0 Å². The molecule has 1 rings (SSSR count). The van der Waals surface area contributed by atoms with Crippen LogP contribution in [-0.2, 0) is 9.59 Å². The van der Waals surface area contributed by atoms with E-state index in [-0.39, 0.29) is 17.9 Å². The van der Waals surface area contributed by atoms with Gasteiger partial charge in [0.1, 0.15) is 0 Å². The van der Waals surface area contributed by atoms with Crippen molar-refractivity contribution in [2.24, 2.45) is 17.8 Å². The lowest BCUT2D eigenvalue weighted by Gasteiger charge is -2.18.